The van der Waals surface area contributed by atoms with Crippen LogP contribution in [-0.4, -0.2) is 19.7 Å². The van der Waals surface area contributed by atoms with Crippen LogP contribution >= 0.6 is 0 Å². The molecule has 0 saturated heterocycles. The molecule has 2 aromatic carbocycles. The zero-order valence-corrected chi connectivity index (χ0v) is 11.4. The van der Waals surface area contributed by atoms with Crippen LogP contribution in [0, 0.1) is 0 Å². The molecule has 0 aliphatic carbocycles. The lowest BCUT2D eigenvalue weighted by Gasteiger charge is -2.09. The number of hydrogen-bond donors (Lipinski definition) is 1. The fraction of sp³-hybridized carbons (Fsp3) is 0. The van der Waals surface area contributed by atoms with Gasteiger partial charge in [0.2, 0.25) is 0 Å². The largest absolute Gasteiger partial charge is 0.507 e. The first-order valence-corrected chi connectivity index (χ1v) is 7.29. The number of benzene rings is 2. The molecule has 102 valence electrons. The zero-order valence-electron chi connectivity index (χ0n) is 10.6. The van der Waals surface area contributed by atoms with Crippen molar-refractivity contribution in [1.82, 2.24) is 0 Å². The molecule has 0 aliphatic heterocycles. The van der Waals surface area contributed by atoms with Gasteiger partial charge in [0.1, 0.15) is 5.75 Å². The fourth-order valence-corrected chi connectivity index (χ4v) is 2.86. The van der Waals surface area contributed by atoms with Gasteiger partial charge in [-0.05, 0) is 12.1 Å². The van der Waals surface area contributed by atoms with Gasteiger partial charge in [-0.1, -0.05) is 49.1 Å². The Kier molecular flexibility index (Phi) is 4.00. The molecular formula is C15H13NO3S. The van der Waals surface area contributed by atoms with Gasteiger partial charge < -0.3 is 5.11 Å². The van der Waals surface area contributed by atoms with Crippen LogP contribution in [0.5, 0.6) is 5.75 Å². The van der Waals surface area contributed by atoms with E-state index < -0.39 is 10.0 Å². The summed E-state index contributed by atoms with van der Waals surface area (Å²) in [4.78, 5) is 0.0413. The number of nitrogens with zero attached hydrogens (tertiary/aromatic N) is 1. The van der Waals surface area contributed by atoms with Gasteiger partial charge >= 0.3 is 0 Å². The lowest BCUT2D eigenvalue weighted by molar-refractivity contribution is 0.477. The van der Waals surface area contributed by atoms with E-state index >= 15 is 0 Å². The van der Waals surface area contributed by atoms with Crippen LogP contribution in [0.15, 0.2) is 70.5 Å². The molecule has 0 bridgehead atoms. The Morgan fingerprint density at radius 1 is 1.00 bits per heavy atom. The van der Waals surface area contributed by atoms with Crippen molar-refractivity contribution in [3.05, 3.63) is 61.2 Å². The number of phenols is 1. The van der Waals surface area contributed by atoms with Gasteiger partial charge in [-0.15, -0.1) is 0 Å². The third-order valence-electron chi connectivity index (χ3n) is 2.66. The summed E-state index contributed by atoms with van der Waals surface area (Å²) in [6.07, 6.45) is 2.41. The summed E-state index contributed by atoms with van der Waals surface area (Å²) >= 11 is 0. The number of hydrogen-bond acceptors (Lipinski definition) is 3. The van der Waals surface area contributed by atoms with Crippen molar-refractivity contribution in [3.63, 3.8) is 0 Å². The second kappa shape index (κ2) is 5.71. The number of sulfonamides is 1. The number of rotatable bonds is 4. The summed E-state index contributed by atoms with van der Waals surface area (Å²) in [6.45, 7) is 3.40. The minimum atomic E-state index is -3.83. The van der Waals surface area contributed by atoms with E-state index in [4.69, 9.17) is 0 Å². The van der Waals surface area contributed by atoms with Crippen molar-refractivity contribution < 1.29 is 13.5 Å². The molecule has 4 nitrogen and oxygen atoms in total. The van der Waals surface area contributed by atoms with Gasteiger partial charge in [0.15, 0.2) is 0 Å². The molecular weight excluding hydrogens is 274 g/mol. The van der Waals surface area contributed by atoms with E-state index in [2.05, 4.69) is 11.0 Å². The molecule has 0 aliphatic rings. The predicted octanol–water partition coefficient (Wildman–Crippen LogP) is 3.00. The normalized spacial score (nSPS) is 11.6. The molecule has 0 heterocycles. The third kappa shape index (κ3) is 2.78. The quantitative estimate of drug-likeness (QED) is 0.879. The molecule has 2 rings (SSSR count). The van der Waals surface area contributed by atoms with Gasteiger partial charge in [0.05, 0.1) is 4.90 Å². The molecule has 0 aromatic heterocycles. The summed E-state index contributed by atoms with van der Waals surface area (Å²) < 4.78 is 27.8. The Morgan fingerprint density at radius 2 is 1.60 bits per heavy atom. The van der Waals surface area contributed by atoms with Crippen molar-refractivity contribution in [2.45, 2.75) is 4.90 Å². The Bertz CT molecular complexity index is 764. The van der Waals surface area contributed by atoms with Crippen molar-refractivity contribution in [1.29, 1.82) is 0 Å². The summed E-state index contributed by atoms with van der Waals surface area (Å²) in [7, 11) is -3.83. The predicted molar refractivity (Wildman–Crippen MR) is 79.4 cm³/mol. The van der Waals surface area contributed by atoms with Gasteiger partial charge in [-0.3, -0.25) is 0 Å². The fourth-order valence-electron chi connectivity index (χ4n) is 1.80. The SMILES string of the molecule is C=CC=NS(=O)(=O)c1ccccc1-c1ccccc1O. The number of aromatic hydroxyl groups is 1. The van der Waals surface area contributed by atoms with Crippen molar-refractivity contribution >= 4 is 16.2 Å². The first kappa shape index (κ1) is 14.0. The van der Waals surface area contributed by atoms with E-state index in [9.17, 15) is 13.5 Å². The Hall–Kier alpha value is -2.40. The van der Waals surface area contributed by atoms with Crippen LogP contribution in [0.4, 0.5) is 0 Å². The molecule has 0 saturated carbocycles. The molecule has 1 N–H and O–H groups in total. The highest BCUT2D eigenvalue weighted by Crippen LogP contribution is 2.33. The first-order chi connectivity index (χ1) is 9.56. The minimum Gasteiger partial charge on any atom is -0.507 e. The lowest BCUT2D eigenvalue weighted by atomic mass is 10.0. The molecule has 5 heteroatoms. The highest BCUT2D eigenvalue weighted by Gasteiger charge is 2.18. The van der Waals surface area contributed by atoms with Gasteiger partial charge in [-0.25, -0.2) is 0 Å². The second-order valence-corrected chi connectivity index (χ2v) is 5.58. The van der Waals surface area contributed by atoms with E-state index in [1.807, 2.05) is 0 Å². The van der Waals surface area contributed by atoms with E-state index in [1.165, 1.54) is 18.2 Å². The molecule has 0 atom stereocenters. The van der Waals surface area contributed by atoms with Gasteiger partial charge in [0.25, 0.3) is 10.0 Å². The summed E-state index contributed by atoms with van der Waals surface area (Å²) in [6, 6.07) is 13.0. The zero-order chi connectivity index (χ0) is 14.6. The van der Waals surface area contributed by atoms with E-state index in [0.29, 0.717) is 11.1 Å². The maximum absolute atomic E-state index is 12.2. The van der Waals surface area contributed by atoms with Gasteiger partial charge in [-0.2, -0.15) is 12.8 Å². The summed E-state index contributed by atoms with van der Waals surface area (Å²) in [5.41, 5.74) is 0.854. The van der Waals surface area contributed by atoms with E-state index in [-0.39, 0.29) is 10.6 Å². The minimum absolute atomic E-state index is 0.0165. The van der Waals surface area contributed by atoms with Gasteiger partial charge in [0, 0.05) is 17.3 Å². The first-order valence-electron chi connectivity index (χ1n) is 5.85. The van der Waals surface area contributed by atoms with E-state index in [1.54, 1.807) is 36.4 Å². The van der Waals surface area contributed by atoms with E-state index in [0.717, 1.165) is 6.21 Å². The van der Waals surface area contributed by atoms with Crippen LogP contribution in [0.1, 0.15) is 0 Å². The molecule has 0 unspecified atom stereocenters. The highest BCUT2D eigenvalue weighted by atomic mass is 32.2. The van der Waals surface area contributed by atoms with Crippen molar-refractivity contribution in [2.24, 2.45) is 4.40 Å². The molecule has 0 spiro atoms. The number of para-hydroxylation sites is 1. The summed E-state index contributed by atoms with van der Waals surface area (Å²) in [5.74, 6) is 0.0165. The average molecular weight is 287 g/mol. The number of allylic oxidation sites excluding steroid dienone is 1. The topological polar surface area (TPSA) is 66.7 Å². The maximum atomic E-state index is 12.2. The molecule has 0 fully saturated rings. The highest BCUT2D eigenvalue weighted by molar-refractivity contribution is 7.90. The molecule has 20 heavy (non-hydrogen) atoms. The third-order valence-corrected chi connectivity index (χ3v) is 3.98. The van der Waals surface area contributed by atoms with Crippen LogP contribution in [0.25, 0.3) is 11.1 Å². The van der Waals surface area contributed by atoms with Crippen molar-refractivity contribution in [2.75, 3.05) is 0 Å². The molecule has 0 amide bonds. The van der Waals surface area contributed by atoms with Crippen LogP contribution in [0.2, 0.25) is 0 Å². The Balaban J connectivity index is 2.67. The monoisotopic (exact) mass is 287 g/mol. The van der Waals surface area contributed by atoms with Crippen LogP contribution in [0.3, 0.4) is 0 Å². The second-order valence-electron chi connectivity index (χ2n) is 3.98. The number of phenolic OH excluding ortho intramolecular Hbond substituents is 1. The smallest absolute Gasteiger partial charge is 0.282 e. The Morgan fingerprint density at radius 3 is 2.25 bits per heavy atom. The molecule has 2 aromatic rings. The maximum Gasteiger partial charge on any atom is 0.282 e. The lowest BCUT2D eigenvalue weighted by Crippen LogP contribution is -1.99. The Labute approximate surface area is 117 Å². The average Bonchev–Trinajstić information content (AvgIpc) is 2.46. The van der Waals surface area contributed by atoms with Crippen LogP contribution < -0.4 is 0 Å². The molecule has 0 radical (unpaired) electrons. The summed E-state index contributed by atoms with van der Waals surface area (Å²) in [5, 5.41) is 9.88. The van der Waals surface area contributed by atoms with Crippen LogP contribution in [-0.2, 0) is 10.0 Å². The standard InChI is InChI=1S/C15H13NO3S/c1-2-11-16-20(18,19)15-10-6-4-8-13(15)12-7-3-5-9-14(12)17/h2-11,17H,1H2. The van der Waals surface area contributed by atoms with Crippen molar-refractivity contribution in [3.8, 4) is 16.9 Å².